The van der Waals surface area contributed by atoms with Crippen molar-refractivity contribution in [2.75, 3.05) is 33.0 Å². The maximum Gasteiger partial charge on any atom is 0.490 e. The van der Waals surface area contributed by atoms with E-state index in [2.05, 4.69) is 15.4 Å². The summed E-state index contributed by atoms with van der Waals surface area (Å²) in [6, 6.07) is 18.6. The number of pyridine rings is 2. The second-order valence-electron chi connectivity index (χ2n) is 17.8. The molecular weight excluding hydrogens is 1070 g/mol. The van der Waals surface area contributed by atoms with Crippen LogP contribution in [0, 0.1) is 0 Å². The molecule has 5 heterocycles. The van der Waals surface area contributed by atoms with Crippen molar-refractivity contribution >= 4 is 37.5 Å². The summed E-state index contributed by atoms with van der Waals surface area (Å²) >= 11 is 0. The van der Waals surface area contributed by atoms with Gasteiger partial charge in [-0.25, -0.2) is 31.9 Å². The summed E-state index contributed by atoms with van der Waals surface area (Å²) in [5.41, 5.74) is 6.02. The number of aryl methyl sites for hydroxylation is 2. The molecule has 0 bridgehead atoms. The van der Waals surface area contributed by atoms with Gasteiger partial charge >= 0.3 is 30.5 Å². The van der Waals surface area contributed by atoms with E-state index in [0.717, 1.165) is 12.8 Å². The molecule has 76 heavy (non-hydrogen) atoms. The molecule has 1 atom stereocenters. The number of carbonyl (C=O) groups is 3. The summed E-state index contributed by atoms with van der Waals surface area (Å²) in [7, 11) is -8.27. The van der Waals surface area contributed by atoms with Crippen LogP contribution in [0.25, 0.3) is 22.5 Å². The van der Waals surface area contributed by atoms with Gasteiger partial charge in [-0.15, -0.1) is 0 Å². The lowest BCUT2D eigenvalue weighted by atomic mass is 9.98. The molecule has 0 aliphatic carbocycles. The Kier molecular flexibility index (Phi) is 21.0. The minimum atomic E-state index is -5.08. The molecule has 0 radical (unpaired) electrons. The van der Waals surface area contributed by atoms with Crippen molar-refractivity contribution in [1.82, 2.24) is 15.4 Å². The topological polar surface area (TPSA) is 235 Å². The number of nitrogens with zero attached hydrogens (tertiary/aromatic N) is 2. The number of amides is 1. The Morgan fingerprint density at radius 2 is 1.01 bits per heavy atom. The Labute approximate surface area is 431 Å². The molecule has 3 N–H and O–H groups in total. The van der Waals surface area contributed by atoms with Crippen molar-refractivity contribution < 1.29 is 100.0 Å². The van der Waals surface area contributed by atoms with E-state index in [9.17, 15) is 71.0 Å². The Bertz CT molecular complexity index is 2760. The second-order valence-corrected chi connectivity index (χ2v) is 22.3. The van der Waals surface area contributed by atoms with Crippen LogP contribution in [-0.4, -0.2) is 122 Å². The van der Waals surface area contributed by atoms with Crippen LogP contribution in [0.5, 0.6) is 0 Å². The number of benzene rings is 2. The first-order valence-electron chi connectivity index (χ1n) is 23.6. The number of sulfone groups is 2. The van der Waals surface area contributed by atoms with Crippen LogP contribution in [-0.2, 0) is 65.9 Å². The lowest BCUT2D eigenvalue weighted by Gasteiger charge is -2.35. The zero-order valence-corrected chi connectivity index (χ0v) is 42.0. The molecule has 0 saturated carbocycles. The number of carboxylic acids is 2. The molecule has 7 rings (SSSR count). The van der Waals surface area contributed by atoms with E-state index < -0.39 is 84.7 Å². The first kappa shape index (κ1) is 61.1. The SMILES string of the molecule is O=C(NOC1CCCCO1)C1(S(=O)(=O)c2ccc(-c3ccc(CCCC(F)(F)F)cn3)cc2)CCOCC1.O=C(O)C(F)(F)F.O=C(O)C1(S(=O)(=O)c2ccc(-c3ccc(CCCC(F)(F)F)cn3)cc2)CCOCC1. The minimum absolute atomic E-state index is 0.0176. The smallest absolute Gasteiger partial charge is 0.480 e. The van der Waals surface area contributed by atoms with Gasteiger partial charge in [-0.3, -0.25) is 19.6 Å². The van der Waals surface area contributed by atoms with Crippen LogP contribution in [0.4, 0.5) is 39.5 Å². The molecule has 2 aromatic heterocycles. The van der Waals surface area contributed by atoms with E-state index in [-0.39, 0.29) is 87.6 Å². The van der Waals surface area contributed by atoms with E-state index in [1.54, 1.807) is 36.4 Å². The predicted molar refractivity (Wildman–Crippen MR) is 251 cm³/mol. The van der Waals surface area contributed by atoms with Gasteiger partial charge in [-0.05, 0) is 98.9 Å². The molecule has 3 saturated heterocycles. The third kappa shape index (κ3) is 16.4. The number of carbonyl (C=O) groups excluding carboxylic acids is 1. The van der Waals surface area contributed by atoms with Crippen LogP contribution >= 0.6 is 0 Å². The van der Waals surface area contributed by atoms with Crippen molar-refractivity contribution in [2.45, 2.75) is 128 Å². The molecule has 418 valence electrons. The van der Waals surface area contributed by atoms with Gasteiger partial charge in [0.2, 0.25) is 0 Å². The highest BCUT2D eigenvalue weighted by Crippen LogP contribution is 2.38. The van der Waals surface area contributed by atoms with Crippen molar-refractivity contribution in [2.24, 2.45) is 0 Å². The summed E-state index contributed by atoms with van der Waals surface area (Å²) < 4.78 is 172. The zero-order valence-electron chi connectivity index (χ0n) is 40.4. The van der Waals surface area contributed by atoms with Gasteiger partial charge in [0.25, 0.3) is 5.91 Å². The molecule has 0 spiro atoms. The van der Waals surface area contributed by atoms with Gasteiger partial charge in [0.05, 0.1) is 21.2 Å². The third-order valence-electron chi connectivity index (χ3n) is 12.5. The largest absolute Gasteiger partial charge is 0.490 e. The number of aromatic nitrogens is 2. The predicted octanol–water partition coefficient (Wildman–Crippen LogP) is 9.21. The fourth-order valence-electron chi connectivity index (χ4n) is 8.17. The van der Waals surface area contributed by atoms with Gasteiger partial charge in [0.1, 0.15) is 0 Å². The molecule has 16 nitrogen and oxygen atoms in total. The Morgan fingerprint density at radius 1 is 0.605 bits per heavy atom. The van der Waals surface area contributed by atoms with Crippen molar-refractivity contribution in [3.63, 3.8) is 0 Å². The second kappa shape index (κ2) is 26.1. The summed E-state index contributed by atoms with van der Waals surface area (Å²) in [6.07, 6.45) is -10.2. The number of alkyl halides is 9. The highest BCUT2D eigenvalue weighted by atomic mass is 32.2. The van der Waals surface area contributed by atoms with E-state index in [4.69, 9.17) is 28.9 Å². The van der Waals surface area contributed by atoms with Crippen LogP contribution < -0.4 is 5.48 Å². The number of hydroxylamine groups is 1. The first-order valence-corrected chi connectivity index (χ1v) is 26.6. The number of nitrogens with one attached hydrogen (secondary N) is 1. The molecule has 4 aromatic rings. The normalized spacial score (nSPS) is 17.9. The van der Waals surface area contributed by atoms with Gasteiger partial charge in [0.15, 0.2) is 35.5 Å². The first-order chi connectivity index (χ1) is 35.6. The van der Waals surface area contributed by atoms with E-state index in [0.29, 0.717) is 46.7 Å². The highest BCUT2D eigenvalue weighted by molar-refractivity contribution is 7.94. The number of carboxylic acid groups (broad SMARTS) is 2. The molecule has 1 unspecified atom stereocenters. The van der Waals surface area contributed by atoms with Gasteiger partial charge in [-0.1, -0.05) is 36.4 Å². The molecule has 1 amide bonds. The van der Waals surface area contributed by atoms with Crippen LogP contribution in [0.3, 0.4) is 0 Å². The minimum Gasteiger partial charge on any atom is -0.480 e. The lowest BCUT2D eigenvalue weighted by Crippen LogP contribution is -2.56. The van der Waals surface area contributed by atoms with Gasteiger partial charge < -0.3 is 24.4 Å². The number of rotatable bonds is 16. The molecule has 3 aliphatic rings. The monoisotopic (exact) mass is 1130 g/mol. The third-order valence-corrected chi connectivity index (χ3v) is 17.5. The van der Waals surface area contributed by atoms with E-state index >= 15 is 0 Å². The number of ether oxygens (including phenoxy) is 3. The average Bonchev–Trinajstić information content (AvgIpc) is 3.39. The summed E-state index contributed by atoms with van der Waals surface area (Å²) in [4.78, 5) is 47.8. The summed E-state index contributed by atoms with van der Waals surface area (Å²) in [5, 5.41) is 16.8. The zero-order chi connectivity index (χ0) is 56.0. The standard InChI is InChI=1S/C26H31F3N2O6S.C21H22F3NO5S.C2HF3O2/c27-26(28,29)12-3-4-19-6-11-22(30-18-19)20-7-9-21(10-8-20)38(33,34)25(13-16-35-17-14-25)24(32)31-37-23-5-1-2-15-36-23;22-21(23,24)9-1-2-15-3-8-18(25-14-15)16-4-6-17(7-5-16)31(28,29)20(19(26)27)10-12-30-13-11-20;3-2(4,5)1(6)7/h6-11,18,23H,1-5,12-17H2,(H,31,32);3-8,14H,1-2,9-13H2,(H,26,27);(H,6,7). The van der Waals surface area contributed by atoms with Crippen LogP contribution in [0.2, 0.25) is 0 Å². The Balaban J connectivity index is 0.000000253. The number of halogens is 9. The van der Waals surface area contributed by atoms with Gasteiger partial charge in [0, 0.05) is 88.7 Å². The Morgan fingerprint density at radius 3 is 1.36 bits per heavy atom. The van der Waals surface area contributed by atoms with Crippen molar-refractivity contribution in [3.05, 3.63) is 96.3 Å². The average molecular weight is 1130 g/mol. The van der Waals surface area contributed by atoms with E-state index in [1.807, 2.05) is 0 Å². The summed E-state index contributed by atoms with van der Waals surface area (Å²) in [5.74, 6) is -4.89. The summed E-state index contributed by atoms with van der Waals surface area (Å²) in [6.45, 7) is 0.860. The lowest BCUT2D eigenvalue weighted by molar-refractivity contribution is -0.202. The maximum atomic E-state index is 13.8. The van der Waals surface area contributed by atoms with Gasteiger partial charge in [-0.2, -0.15) is 39.5 Å². The maximum absolute atomic E-state index is 13.8. The number of hydrogen-bond donors (Lipinski definition) is 3. The molecular formula is C49H54F9N3O13S2. The fraction of sp³-hybridized carbons (Fsp3) is 0.490. The molecule has 3 fully saturated rings. The van der Waals surface area contributed by atoms with Crippen LogP contribution in [0.1, 0.15) is 81.8 Å². The molecule has 27 heteroatoms. The van der Waals surface area contributed by atoms with E-state index in [1.165, 1.54) is 48.8 Å². The molecule has 2 aromatic carbocycles. The number of hydrogen-bond acceptors (Lipinski definition) is 13. The quantitative estimate of drug-likeness (QED) is 0.0701. The highest BCUT2D eigenvalue weighted by Gasteiger charge is 2.54. The fourth-order valence-corrected chi connectivity index (χ4v) is 12.0. The Hall–Kier alpha value is -5.74. The van der Waals surface area contributed by atoms with Crippen molar-refractivity contribution in [3.8, 4) is 22.5 Å². The van der Waals surface area contributed by atoms with Crippen molar-refractivity contribution in [1.29, 1.82) is 0 Å². The van der Waals surface area contributed by atoms with Crippen LogP contribution in [0.15, 0.2) is 95.0 Å². The molecule has 3 aliphatic heterocycles. The number of aliphatic carboxylic acids is 2.